The summed E-state index contributed by atoms with van der Waals surface area (Å²) in [5.41, 5.74) is 2.36. The van der Waals surface area contributed by atoms with Gasteiger partial charge in [-0.15, -0.1) is 0 Å². The van der Waals surface area contributed by atoms with Gasteiger partial charge < -0.3 is 9.88 Å². The molecule has 3 heteroatoms. The summed E-state index contributed by atoms with van der Waals surface area (Å²) in [6, 6.07) is 9.58. The first-order valence-electron chi connectivity index (χ1n) is 7.45. The van der Waals surface area contributed by atoms with Gasteiger partial charge in [0.15, 0.2) is 0 Å². The van der Waals surface area contributed by atoms with Crippen molar-refractivity contribution in [3.63, 3.8) is 0 Å². The summed E-state index contributed by atoms with van der Waals surface area (Å²) in [4.78, 5) is 4.80. The number of rotatable bonds is 4. The Morgan fingerprint density at radius 2 is 2.00 bits per heavy atom. The zero-order chi connectivity index (χ0) is 13.2. The maximum absolute atomic E-state index is 4.80. The summed E-state index contributed by atoms with van der Waals surface area (Å²) in [6.45, 7) is 5.35. The van der Waals surface area contributed by atoms with E-state index in [1.165, 1.54) is 37.0 Å². The number of aromatic nitrogens is 2. The molecule has 19 heavy (non-hydrogen) atoms. The van der Waals surface area contributed by atoms with Crippen LogP contribution in [0.3, 0.4) is 0 Å². The lowest BCUT2D eigenvalue weighted by Crippen LogP contribution is -2.27. The molecule has 3 nitrogen and oxygen atoms in total. The molecule has 1 aromatic heterocycles. The van der Waals surface area contributed by atoms with E-state index in [0.717, 1.165) is 12.1 Å². The summed E-state index contributed by atoms with van der Waals surface area (Å²) in [7, 11) is 0. The van der Waals surface area contributed by atoms with Crippen molar-refractivity contribution in [2.45, 2.75) is 58.2 Å². The number of hydrogen-bond acceptors (Lipinski definition) is 2. The molecule has 0 radical (unpaired) electrons. The van der Waals surface area contributed by atoms with Gasteiger partial charge in [-0.2, -0.15) is 0 Å². The van der Waals surface area contributed by atoms with Crippen molar-refractivity contribution in [2.24, 2.45) is 0 Å². The smallest absolute Gasteiger partial charge is 0.124 e. The molecule has 1 N–H and O–H groups in total. The second kappa shape index (κ2) is 5.33. The normalized spacial score (nSPS) is 16.8. The molecule has 3 rings (SSSR count). The van der Waals surface area contributed by atoms with Crippen molar-refractivity contribution in [1.82, 2.24) is 14.9 Å². The van der Waals surface area contributed by atoms with Gasteiger partial charge in [-0.25, -0.2) is 4.98 Å². The van der Waals surface area contributed by atoms with Gasteiger partial charge in [0.25, 0.3) is 0 Å². The maximum Gasteiger partial charge on any atom is 0.124 e. The first-order chi connectivity index (χ1) is 9.25. The third-order valence-electron chi connectivity index (χ3n) is 4.09. The highest BCUT2D eigenvalue weighted by Crippen LogP contribution is 2.22. The first kappa shape index (κ1) is 12.7. The lowest BCUT2D eigenvalue weighted by Gasteiger charge is -2.16. The first-order valence-corrected chi connectivity index (χ1v) is 7.45. The van der Waals surface area contributed by atoms with Crippen molar-refractivity contribution in [2.75, 3.05) is 0 Å². The molecule has 0 unspecified atom stereocenters. The summed E-state index contributed by atoms with van der Waals surface area (Å²) in [5.74, 6) is 1.17. The number of benzene rings is 1. The van der Waals surface area contributed by atoms with Gasteiger partial charge in [0, 0.05) is 12.1 Å². The Bertz CT molecular complexity index is 550. The lowest BCUT2D eigenvalue weighted by atomic mass is 10.2. The molecule has 0 bridgehead atoms. The van der Waals surface area contributed by atoms with Gasteiger partial charge in [-0.1, -0.05) is 25.0 Å². The third kappa shape index (κ3) is 2.52. The Labute approximate surface area is 115 Å². The van der Waals surface area contributed by atoms with Crippen LogP contribution in [0.25, 0.3) is 11.0 Å². The monoisotopic (exact) mass is 257 g/mol. The van der Waals surface area contributed by atoms with E-state index in [-0.39, 0.29) is 0 Å². The zero-order valence-electron chi connectivity index (χ0n) is 11.9. The SMILES string of the molecule is CC(C)n1c(CNC2CCCC2)nc2ccccc21. The topological polar surface area (TPSA) is 29.9 Å². The van der Waals surface area contributed by atoms with Crippen molar-refractivity contribution in [3.05, 3.63) is 30.1 Å². The summed E-state index contributed by atoms with van der Waals surface area (Å²) >= 11 is 0. The van der Waals surface area contributed by atoms with Crippen LogP contribution in [0.1, 0.15) is 51.4 Å². The summed E-state index contributed by atoms with van der Waals surface area (Å²) in [5, 5.41) is 3.67. The van der Waals surface area contributed by atoms with Gasteiger partial charge in [0.2, 0.25) is 0 Å². The molecular formula is C16H23N3. The number of para-hydroxylation sites is 2. The van der Waals surface area contributed by atoms with E-state index >= 15 is 0 Å². The highest BCUT2D eigenvalue weighted by molar-refractivity contribution is 5.76. The fourth-order valence-corrected chi connectivity index (χ4v) is 3.16. The highest BCUT2D eigenvalue weighted by Gasteiger charge is 2.17. The van der Waals surface area contributed by atoms with Gasteiger partial charge in [-0.05, 0) is 38.8 Å². The van der Waals surface area contributed by atoms with Crippen LogP contribution in [0, 0.1) is 0 Å². The quantitative estimate of drug-likeness (QED) is 0.906. The molecule has 0 atom stereocenters. The van der Waals surface area contributed by atoms with Gasteiger partial charge in [0.05, 0.1) is 17.6 Å². The van der Waals surface area contributed by atoms with Gasteiger partial charge in [-0.3, -0.25) is 0 Å². The molecule has 1 aliphatic carbocycles. The Balaban J connectivity index is 1.86. The predicted octanol–water partition coefficient (Wildman–Crippen LogP) is 3.65. The number of imidazole rings is 1. The molecule has 2 aromatic rings. The summed E-state index contributed by atoms with van der Waals surface area (Å²) in [6.07, 6.45) is 5.39. The Morgan fingerprint density at radius 3 is 2.74 bits per heavy atom. The van der Waals surface area contributed by atoms with E-state index in [0.29, 0.717) is 12.1 Å². The Hall–Kier alpha value is -1.35. The number of fused-ring (bicyclic) bond motifs is 1. The zero-order valence-corrected chi connectivity index (χ0v) is 11.9. The van der Waals surface area contributed by atoms with Crippen LogP contribution in [-0.4, -0.2) is 15.6 Å². The van der Waals surface area contributed by atoms with E-state index < -0.39 is 0 Å². The van der Waals surface area contributed by atoms with Crippen LogP contribution in [0.15, 0.2) is 24.3 Å². The molecule has 0 spiro atoms. The Kier molecular flexibility index (Phi) is 3.56. The van der Waals surface area contributed by atoms with E-state index in [1.54, 1.807) is 0 Å². The summed E-state index contributed by atoms with van der Waals surface area (Å²) < 4.78 is 2.36. The van der Waals surface area contributed by atoms with Crippen LogP contribution in [0.4, 0.5) is 0 Å². The second-order valence-corrected chi connectivity index (χ2v) is 5.84. The Morgan fingerprint density at radius 1 is 1.26 bits per heavy atom. The maximum atomic E-state index is 4.80. The minimum atomic E-state index is 0.452. The van der Waals surface area contributed by atoms with Crippen LogP contribution in [0.2, 0.25) is 0 Å². The predicted molar refractivity (Wildman–Crippen MR) is 79.2 cm³/mol. The minimum Gasteiger partial charge on any atom is -0.324 e. The number of nitrogens with one attached hydrogen (secondary N) is 1. The molecule has 102 valence electrons. The largest absolute Gasteiger partial charge is 0.324 e. The van der Waals surface area contributed by atoms with Crippen LogP contribution in [0.5, 0.6) is 0 Å². The van der Waals surface area contributed by atoms with Crippen LogP contribution < -0.4 is 5.32 Å². The van der Waals surface area contributed by atoms with Crippen LogP contribution >= 0.6 is 0 Å². The molecule has 1 heterocycles. The third-order valence-corrected chi connectivity index (χ3v) is 4.09. The standard InChI is InChI=1S/C16H23N3/c1-12(2)19-15-10-6-5-9-14(15)18-16(19)11-17-13-7-3-4-8-13/h5-6,9-10,12-13,17H,3-4,7-8,11H2,1-2H3. The molecule has 0 saturated heterocycles. The fraction of sp³-hybridized carbons (Fsp3) is 0.562. The number of hydrogen-bond donors (Lipinski definition) is 1. The molecular weight excluding hydrogens is 234 g/mol. The highest BCUT2D eigenvalue weighted by atomic mass is 15.1. The number of nitrogens with zero attached hydrogens (tertiary/aromatic N) is 2. The molecule has 1 aromatic carbocycles. The van der Waals surface area contributed by atoms with Crippen molar-refractivity contribution >= 4 is 11.0 Å². The molecule has 0 aliphatic heterocycles. The van der Waals surface area contributed by atoms with E-state index in [1.807, 2.05) is 0 Å². The van der Waals surface area contributed by atoms with Crippen LogP contribution in [-0.2, 0) is 6.54 Å². The van der Waals surface area contributed by atoms with Gasteiger partial charge in [0.1, 0.15) is 5.82 Å². The lowest BCUT2D eigenvalue weighted by molar-refractivity contribution is 0.489. The average Bonchev–Trinajstić information content (AvgIpc) is 3.03. The van der Waals surface area contributed by atoms with Gasteiger partial charge >= 0.3 is 0 Å². The average molecular weight is 257 g/mol. The minimum absolute atomic E-state index is 0.452. The van der Waals surface area contributed by atoms with E-state index in [4.69, 9.17) is 4.98 Å². The van der Waals surface area contributed by atoms with Crippen molar-refractivity contribution in [1.29, 1.82) is 0 Å². The molecule has 0 amide bonds. The molecule has 1 aliphatic rings. The molecule has 1 saturated carbocycles. The molecule has 1 fully saturated rings. The second-order valence-electron chi connectivity index (χ2n) is 5.84. The van der Waals surface area contributed by atoms with Crippen molar-refractivity contribution < 1.29 is 0 Å². The fourth-order valence-electron chi connectivity index (χ4n) is 3.16. The van der Waals surface area contributed by atoms with E-state index in [2.05, 4.69) is 48.0 Å². The van der Waals surface area contributed by atoms with Crippen molar-refractivity contribution in [3.8, 4) is 0 Å². The van der Waals surface area contributed by atoms with E-state index in [9.17, 15) is 0 Å².